The van der Waals surface area contributed by atoms with Gasteiger partial charge in [0.2, 0.25) is 0 Å². The number of fused-ring (bicyclic) bond motifs is 1. The maximum atomic E-state index is 12.8. The molecule has 1 aliphatic carbocycles. The zero-order chi connectivity index (χ0) is 27.4. The van der Waals surface area contributed by atoms with Crippen LogP contribution in [0.25, 0.3) is 22.3 Å². The predicted molar refractivity (Wildman–Crippen MR) is 148 cm³/mol. The SMILES string of the molecule is O=C(Nc1nn(CCCCC2CC2)c2nc(-c3ccc(OCOP(=O)(O)O)cc3)c(Br)cc12)c1cccnc1. The van der Waals surface area contributed by atoms with E-state index in [2.05, 4.69) is 30.8 Å². The maximum absolute atomic E-state index is 12.8. The molecule has 0 atom stereocenters. The summed E-state index contributed by atoms with van der Waals surface area (Å²) in [6.45, 7) is 0.0946. The van der Waals surface area contributed by atoms with Gasteiger partial charge in [0.1, 0.15) is 5.75 Å². The smallest absolute Gasteiger partial charge is 0.467 e. The average Bonchev–Trinajstić information content (AvgIpc) is 3.69. The Morgan fingerprint density at radius 1 is 1.18 bits per heavy atom. The summed E-state index contributed by atoms with van der Waals surface area (Å²) >= 11 is 3.62. The van der Waals surface area contributed by atoms with E-state index in [4.69, 9.17) is 24.6 Å². The molecule has 0 radical (unpaired) electrons. The number of nitrogens with one attached hydrogen (secondary N) is 1. The first-order chi connectivity index (χ1) is 18.8. The molecule has 4 aromatic rings. The minimum absolute atomic E-state index is 0.304. The van der Waals surface area contributed by atoms with Gasteiger partial charge in [-0.05, 0) is 70.7 Å². The van der Waals surface area contributed by atoms with Crippen molar-refractivity contribution in [3.63, 3.8) is 0 Å². The van der Waals surface area contributed by atoms with Crippen molar-refractivity contribution >= 4 is 46.5 Å². The van der Waals surface area contributed by atoms with Crippen LogP contribution in [0.4, 0.5) is 5.82 Å². The fourth-order valence-corrected chi connectivity index (χ4v) is 4.91. The third-order valence-electron chi connectivity index (χ3n) is 6.34. The molecule has 3 aromatic heterocycles. The van der Waals surface area contributed by atoms with Crippen LogP contribution in [-0.2, 0) is 15.6 Å². The van der Waals surface area contributed by atoms with Crippen LogP contribution in [0.3, 0.4) is 0 Å². The molecule has 204 valence electrons. The van der Waals surface area contributed by atoms with Crippen molar-refractivity contribution in [1.29, 1.82) is 0 Å². The Morgan fingerprint density at radius 2 is 1.97 bits per heavy atom. The van der Waals surface area contributed by atoms with Crippen LogP contribution in [0.5, 0.6) is 5.75 Å². The number of ether oxygens (including phenoxy) is 1. The van der Waals surface area contributed by atoms with Gasteiger partial charge in [0.15, 0.2) is 18.3 Å². The van der Waals surface area contributed by atoms with Crippen LogP contribution >= 0.6 is 23.8 Å². The lowest BCUT2D eigenvalue weighted by Crippen LogP contribution is -2.13. The number of aromatic nitrogens is 4. The molecule has 5 rings (SSSR count). The largest absolute Gasteiger partial charge is 0.472 e. The first-order valence-corrected chi connectivity index (χ1v) is 14.8. The molecule has 0 unspecified atom stereocenters. The van der Waals surface area contributed by atoms with Crippen LogP contribution in [0.1, 0.15) is 42.5 Å². The number of carbonyl (C=O) groups is 1. The highest BCUT2D eigenvalue weighted by Crippen LogP contribution is 2.37. The lowest BCUT2D eigenvalue weighted by Gasteiger charge is -2.10. The highest BCUT2D eigenvalue weighted by atomic mass is 79.9. The van der Waals surface area contributed by atoms with Gasteiger partial charge in [-0.1, -0.05) is 25.7 Å². The van der Waals surface area contributed by atoms with E-state index in [-0.39, 0.29) is 5.91 Å². The number of halogens is 1. The molecule has 13 heteroatoms. The van der Waals surface area contributed by atoms with Gasteiger partial charge in [-0.15, -0.1) is 0 Å². The molecule has 39 heavy (non-hydrogen) atoms. The van der Waals surface area contributed by atoms with E-state index in [1.165, 1.54) is 25.5 Å². The zero-order valence-electron chi connectivity index (χ0n) is 20.9. The number of rotatable bonds is 12. The number of pyridine rings is 2. The molecule has 1 aromatic carbocycles. The number of phosphoric ester groups is 1. The average molecular weight is 616 g/mol. The highest BCUT2D eigenvalue weighted by molar-refractivity contribution is 9.10. The molecule has 0 bridgehead atoms. The van der Waals surface area contributed by atoms with Crippen LogP contribution in [0.15, 0.2) is 59.3 Å². The second-order valence-electron chi connectivity index (χ2n) is 9.30. The number of nitrogens with zero attached hydrogens (tertiary/aromatic N) is 4. The summed E-state index contributed by atoms with van der Waals surface area (Å²) in [4.78, 5) is 39.4. The summed E-state index contributed by atoms with van der Waals surface area (Å²) < 4.78 is 22.9. The zero-order valence-corrected chi connectivity index (χ0v) is 23.3. The van der Waals surface area contributed by atoms with E-state index >= 15 is 0 Å². The normalized spacial score (nSPS) is 13.5. The number of amides is 1. The van der Waals surface area contributed by atoms with Crippen molar-refractivity contribution in [2.75, 3.05) is 12.1 Å². The van der Waals surface area contributed by atoms with Gasteiger partial charge in [-0.25, -0.2) is 18.8 Å². The van der Waals surface area contributed by atoms with Gasteiger partial charge in [0.05, 0.1) is 16.6 Å². The fourth-order valence-electron chi connectivity index (χ4n) is 4.17. The summed E-state index contributed by atoms with van der Waals surface area (Å²) in [5.74, 6) is 1.37. The number of benzene rings is 1. The Hall–Kier alpha value is -3.15. The van der Waals surface area contributed by atoms with Crippen LogP contribution in [-0.4, -0.2) is 42.2 Å². The molecule has 1 fully saturated rings. The topological polar surface area (TPSA) is 149 Å². The molecule has 11 nitrogen and oxygen atoms in total. The lowest BCUT2D eigenvalue weighted by molar-refractivity contribution is 0.0829. The molecule has 0 aliphatic heterocycles. The van der Waals surface area contributed by atoms with Crippen molar-refractivity contribution in [3.8, 4) is 17.0 Å². The van der Waals surface area contributed by atoms with Crippen molar-refractivity contribution < 1.29 is 28.4 Å². The van der Waals surface area contributed by atoms with Gasteiger partial charge in [0, 0.05) is 29.0 Å². The molecule has 1 aliphatic rings. The number of phosphoric acid groups is 1. The first-order valence-electron chi connectivity index (χ1n) is 12.5. The Morgan fingerprint density at radius 3 is 2.67 bits per heavy atom. The molecule has 0 spiro atoms. The Labute approximate surface area is 232 Å². The van der Waals surface area contributed by atoms with Gasteiger partial charge in [0.25, 0.3) is 5.91 Å². The molecule has 0 saturated heterocycles. The second-order valence-corrected chi connectivity index (χ2v) is 11.4. The van der Waals surface area contributed by atoms with E-state index < -0.39 is 14.6 Å². The van der Waals surface area contributed by atoms with Crippen molar-refractivity contribution in [2.45, 2.75) is 38.6 Å². The summed E-state index contributed by atoms with van der Waals surface area (Å²) in [5, 5.41) is 8.33. The number of unbranched alkanes of at least 4 members (excludes halogenated alkanes) is 1. The number of carbonyl (C=O) groups excluding carboxylic acids is 1. The molecule has 1 amide bonds. The van der Waals surface area contributed by atoms with Crippen LogP contribution < -0.4 is 10.1 Å². The van der Waals surface area contributed by atoms with Crippen molar-refractivity contribution in [1.82, 2.24) is 19.7 Å². The number of anilines is 1. The molecule has 3 N–H and O–H groups in total. The van der Waals surface area contributed by atoms with Crippen molar-refractivity contribution in [3.05, 3.63) is 64.9 Å². The standard InChI is InChI=1S/C26H27BrN5O6P/c27-22-14-21-24(30-26(33)19-5-3-12-28-15-19)31-32(13-2-1-4-17-6-7-17)25(21)29-23(22)18-8-10-20(11-9-18)37-16-38-39(34,35)36/h3,5,8-12,14-15,17H,1-2,4,6-7,13,16H2,(H,30,31,33)(H2,34,35,36). The Kier molecular flexibility index (Phi) is 8.39. The monoisotopic (exact) mass is 615 g/mol. The molecule has 1 saturated carbocycles. The van der Waals surface area contributed by atoms with Crippen LogP contribution in [0, 0.1) is 5.92 Å². The number of hydrogen-bond donors (Lipinski definition) is 3. The third-order valence-corrected chi connectivity index (χ3v) is 7.38. The van der Waals surface area contributed by atoms with Crippen molar-refractivity contribution in [2.24, 2.45) is 5.92 Å². The maximum Gasteiger partial charge on any atom is 0.472 e. The molecular formula is C26H27BrN5O6P. The van der Waals surface area contributed by atoms with Gasteiger partial charge in [-0.2, -0.15) is 5.10 Å². The van der Waals surface area contributed by atoms with E-state index in [0.29, 0.717) is 44.9 Å². The van der Waals surface area contributed by atoms with E-state index in [1.54, 1.807) is 42.6 Å². The number of aryl methyl sites for hydroxylation is 1. The van der Waals surface area contributed by atoms with E-state index in [0.717, 1.165) is 24.3 Å². The lowest BCUT2D eigenvalue weighted by atomic mass is 10.1. The third kappa shape index (κ3) is 7.28. The number of hydrogen-bond acceptors (Lipinski definition) is 7. The predicted octanol–water partition coefficient (Wildman–Crippen LogP) is 5.53. The summed E-state index contributed by atoms with van der Waals surface area (Å²) in [7, 11) is -4.61. The van der Waals surface area contributed by atoms with E-state index in [1.807, 2.05) is 10.7 Å². The first kappa shape index (κ1) is 27.4. The molecular weight excluding hydrogens is 589 g/mol. The summed E-state index contributed by atoms with van der Waals surface area (Å²) in [6, 6.07) is 12.2. The fraction of sp³-hybridized carbons (Fsp3) is 0.308. The highest BCUT2D eigenvalue weighted by Gasteiger charge is 2.21. The summed E-state index contributed by atoms with van der Waals surface area (Å²) in [6.07, 6.45) is 9.06. The van der Waals surface area contributed by atoms with Gasteiger partial charge < -0.3 is 19.8 Å². The molecule has 3 heterocycles. The van der Waals surface area contributed by atoms with E-state index in [9.17, 15) is 9.36 Å². The van der Waals surface area contributed by atoms with Gasteiger partial charge in [-0.3, -0.25) is 9.78 Å². The Bertz CT molecular complexity index is 1510. The minimum atomic E-state index is -4.61. The van der Waals surface area contributed by atoms with Gasteiger partial charge >= 0.3 is 7.82 Å². The quantitative estimate of drug-likeness (QED) is 0.106. The van der Waals surface area contributed by atoms with Crippen LogP contribution in [0.2, 0.25) is 0 Å². The second kappa shape index (κ2) is 11.9. The summed E-state index contributed by atoms with van der Waals surface area (Å²) in [5.41, 5.74) is 2.54. The Balaban J connectivity index is 1.40. The minimum Gasteiger partial charge on any atom is -0.467 e.